The molecule has 0 spiro atoms. The Bertz CT molecular complexity index is 418. The van der Waals surface area contributed by atoms with Gasteiger partial charge in [0, 0.05) is 30.3 Å². The summed E-state index contributed by atoms with van der Waals surface area (Å²) in [6.07, 6.45) is 0.277. The van der Waals surface area contributed by atoms with Crippen molar-refractivity contribution in [1.29, 1.82) is 0 Å². The third kappa shape index (κ3) is 6.67. The number of amides is 2. The number of benzene rings is 1. The van der Waals surface area contributed by atoms with E-state index in [2.05, 4.69) is 10.6 Å². The molecule has 0 saturated carbocycles. The fourth-order valence-electron chi connectivity index (χ4n) is 1.42. The Kier molecular flexibility index (Phi) is 7.60. The molecule has 0 unspecified atom stereocenters. The monoisotopic (exact) mass is 285 g/mol. The van der Waals surface area contributed by atoms with Crippen LogP contribution in [0.15, 0.2) is 24.3 Å². The Morgan fingerprint density at radius 1 is 1.21 bits per heavy atom. The van der Waals surface area contributed by atoms with Gasteiger partial charge in [-0.25, -0.2) is 0 Å². The molecular weight excluding hydrogens is 266 g/mol. The molecule has 6 heteroatoms. The lowest BCUT2D eigenvalue weighted by molar-refractivity contribution is -0.121. The third-order valence-corrected chi connectivity index (χ3v) is 2.26. The van der Waals surface area contributed by atoms with Crippen molar-refractivity contribution in [2.24, 2.45) is 0 Å². The minimum Gasteiger partial charge on any atom is -0.399 e. The molecule has 1 aromatic rings. The lowest BCUT2D eigenvalue weighted by Crippen LogP contribution is -2.34. The molecule has 0 aliphatic heterocycles. The quantitative estimate of drug-likeness (QED) is 0.714. The zero-order chi connectivity index (χ0) is 13.5. The maximum atomic E-state index is 11.7. The first-order chi connectivity index (χ1) is 8.49. The molecule has 0 aliphatic carbocycles. The lowest BCUT2D eigenvalue weighted by atomic mass is 10.2. The van der Waals surface area contributed by atoms with Crippen LogP contribution in [0.4, 0.5) is 5.69 Å². The highest BCUT2D eigenvalue weighted by molar-refractivity contribution is 5.94. The van der Waals surface area contributed by atoms with Gasteiger partial charge in [0.25, 0.3) is 5.91 Å². The van der Waals surface area contributed by atoms with E-state index in [1.54, 1.807) is 24.3 Å². The smallest absolute Gasteiger partial charge is 0.251 e. The summed E-state index contributed by atoms with van der Waals surface area (Å²) in [5, 5.41) is 5.44. The molecule has 0 aliphatic rings. The maximum absolute atomic E-state index is 11.7. The number of carbonyl (C=O) groups is 2. The van der Waals surface area contributed by atoms with Gasteiger partial charge in [-0.1, -0.05) is 0 Å². The van der Waals surface area contributed by atoms with Crippen molar-refractivity contribution in [3.63, 3.8) is 0 Å². The first-order valence-corrected chi connectivity index (χ1v) is 5.92. The van der Waals surface area contributed by atoms with Gasteiger partial charge in [-0.2, -0.15) is 0 Å². The highest BCUT2D eigenvalue weighted by atomic mass is 35.5. The predicted molar refractivity (Wildman–Crippen MR) is 78.3 cm³/mol. The van der Waals surface area contributed by atoms with Gasteiger partial charge in [0.1, 0.15) is 0 Å². The molecule has 1 rings (SSSR count). The van der Waals surface area contributed by atoms with Gasteiger partial charge < -0.3 is 16.4 Å². The summed E-state index contributed by atoms with van der Waals surface area (Å²) in [6, 6.07) is 6.75. The van der Waals surface area contributed by atoms with Crippen molar-refractivity contribution >= 4 is 29.9 Å². The van der Waals surface area contributed by atoms with Gasteiger partial charge in [0.15, 0.2) is 0 Å². The highest BCUT2D eigenvalue weighted by Crippen LogP contribution is 2.04. The van der Waals surface area contributed by atoms with E-state index >= 15 is 0 Å². The molecule has 0 fully saturated rings. The second-order valence-corrected chi connectivity index (χ2v) is 4.35. The van der Waals surface area contributed by atoms with Crippen LogP contribution in [-0.4, -0.2) is 24.4 Å². The van der Waals surface area contributed by atoms with Gasteiger partial charge in [-0.05, 0) is 38.1 Å². The maximum Gasteiger partial charge on any atom is 0.251 e. The average molecular weight is 286 g/mol. The van der Waals surface area contributed by atoms with Crippen LogP contribution in [0.3, 0.4) is 0 Å². The molecule has 4 N–H and O–H groups in total. The Hall–Kier alpha value is -1.75. The standard InChI is InChI=1S/C13H19N3O2.ClH/c1-9(2)16-12(17)7-8-15-13(18)10-3-5-11(14)6-4-10;/h3-6,9H,7-8,14H2,1-2H3,(H,15,18)(H,16,17);1H. The third-order valence-electron chi connectivity index (χ3n) is 2.26. The van der Waals surface area contributed by atoms with Crippen molar-refractivity contribution in [1.82, 2.24) is 10.6 Å². The number of hydrogen-bond acceptors (Lipinski definition) is 3. The Morgan fingerprint density at radius 2 is 1.79 bits per heavy atom. The lowest BCUT2D eigenvalue weighted by Gasteiger charge is -2.09. The number of rotatable bonds is 5. The minimum absolute atomic E-state index is 0. The van der Waals surface area contributed by atoms with Crippen molar-refractivity contribution < 1.29 is 9.59 Å². The average Bonchev–Trinajstić information content (AvgIpc) is 2.28. The Balaban J connectivity index is 0.00000324. The molecule has 5 nitrogen and oxygen atoms in total. The molecule has 0 aromatic heterocycles. The van der Waals surface area contributed by atoms with Crippen molar-refractivity contribution in [3.05, 3.63) is 29.8 Å². The van der Waals surface area contributed by atoms with Crippen LogP contribution in [0.25, 0.3) is 0 Å². The SMILES string of the molecule is CC(C)NC(=O)CCNC(=O)c1ccc(N)cc1.Cl. The molecular formula is C13H20ClN3O2. The number of nitrogens with two attached hydrogens (primary N) is 1. The van der Waals surface area contributed by atoms with E-state index < -0.39 is 0 Å². The van der Waals surface area contributed by atoms with Crippen LogP contribution in [-0.2, 0) is 4.79 Å². The number of nitrogens with one attached hydrogen (secondary N) is 2. The van der Waals surface area contributed by atoms with E-state index in [1.165, 1.54) is 0 Å². The number of halogens is 1. The second kappa shape index (κ2) is 8.37. The molecule has 0 radical (unpaired) electrons. The number of carbonyl (C=O) groups excluding carboxylic acids is 2. The van der Waals surface area contributed by atoms with Crippen molar-refractivity contribution in [2.45, 2.75) is 26.3 Å². The Morgan fingerprint density at radius 3 is 2.32 bits per heavy atom. The van der Waals surface area contributed by atoms with E-state index in [1.807, 2.05) is 13.8 Å². The summed E-state index contributed by atoms with van der Waals surface area (Å²) in [6.45, 7) is 4.11. The van der Waals surface area contributed by atoms with Gasteiger partial charge in [0.05, 0.1) is 0 Å². The van der Waals surface area contributed by atoms with Gasteiger partial charge in [-0.3, -0.25) is 9.59 Å². The van der Waals surface area contributed by atoms with E-state index in [9.17, 15) is 9.59 Å². The zero-order valence-corrected chi connectivity index (χ0v) is 11.9. The Labute approximate surface area is 119 Å². The van der Waals surface area contributed by atoms with E-state index in [0.717, 1.165) is 0 Å². The molecule has 0 bridgehead atoms. The molecule has 0 heterocycles. The molecule has 0 saturated heterocycles. The summed E-state index contributed by atoms with van der Waals surface area (Å²) < 4.78 is 0. The summed E-state index contributed by atoms with van der Waals surface area (Å²) in [7, 11) is 0. The van der Waals surface area contributed by atoms with Crippen LogP contribution in [0, 0.1) is 0 Å². The normalized spacial score (nSPS) is 9.63. The van der Waals surface area contributed by atoms with Gasteiger partial charge in [-0.15, -0.1) is 12.4 Å². The molecule has 2 amide bonds. The topological polar surface area (TPSA) is 84.2 Å². The molecule has 106 valence electrons. The highest BCUT2D eigenvalue weighted by Gasteiger charge is 2.06. The van der Waals surface area contributed by atoms with Gasteiger partial charge >= 0.3 is 0 Å². The summed E-state index contributed by atoms with van der Waals surface area (Å²) in [5.74, 6) is -0.269. The fraction of sp³-hybridized carbons (Fsp3) is 0.385. The van der Waals surface area contributed by atoms with E-state index in [0.29, 0.717) is 17.8 Å². The number of nitrogen functional groups attached to an aromatic ring is 1. The van der Waals surface area contributed by atoms with Crippen LogP contribution in [0.5, 0.6) is 0 Å². The van der Waals surface area contributed by atoms with Crippen molar-refractivity contribution in [3.8, 4) is 0 Å². The van der Waals surface area contributed by atoms with Crippen LogP contribution in [0.1, 0.15) is 30.6 Å². The van der Waals surface area contributed by atoms with Gasteiger partial charge in [0.2, 0.25) is 5.91 Å². The molecule has 19 heavy (non-hydrogen) atoms. The van der Waals surface area contributed by atoms with E-state index in [-0.39, 0.29) is 36.7 Å². The second-order valence-electron chi connectivity index (χ2n) is 4.35. The van der Waals surface area contributed by atoms with Crippen LogP contribution < -0.4 is 16.4 Å². The summed E-state index contributed by atoms with van der Waals surface area (Å²) in [5.41, 5.74) is 6.68. The molecule has 0 atom stereocenters. The number of hydrogen-bond donors (Lipinski definition) is 3. The van der Waals surface area contributed by atoms with E-state index in [4.69, 9.17) is 5.73 Å². The van der Waals surface area contributed by atoms with Crippen molar-refractivity contribution in [2.75, 3.05) is 12.3 Å². The summed E-state index contributed by atoms with van der Waals surface area (Å²) in [4.78, 5) is 23.0. The zero-order valence-electron chi connectivity index (χ0n) is 11.1. The minimum atomic E-state index is -0.202. The van der Waals surface area contributed by atoms with Crippen LogP contribution in [0.2, 0.25) is 0 Å². The first-order valence-electron chi connectivity index (χ1n) is 5.92. The molecule has 1 aromatic carbocycles. The predicted octanol–water partition coefficient (Wildman–Crippen LogP) is 1.34. The van der Waals surface area contributed by atoms with Crippen LogP contribution >= 0.6 is 12.4 Å². The largest absolute Gasteiger partial charge is 0.399 e. The fourth-order valence-corrected chi connectivity index (χ4v) is 1.42. The summed E-state index contributed by atoms with van der Waals surface area (Å²) >= 11 is 0. The first kappa shape index (κ1) is 17.2. The number of anilines is 1.